The van der Waals surface area contributed by atoms with Crippen LogP contribution in [0.5, 0.6) is 0 Å². The Morgan fingerprint density at radius 2 is 2.25 bits per heavy atom. The van der Waals surface area contributed by atoms with E-state index in [1.165, 1.54) is 0 Å². The van der Waals surface area contributed by atoms with Gasteiger partial charge in [0.2, 0.25) is 0 Å². The minimum absolute atomic E-state index is 0.0959. The second-order valence-electron chi connectivity index (χ2n) is 5.32. The van der Waals surface area contributed by atoms with E-state index in [4.69, 9.17) is 11.6 Å². The first-order valence-corrected chi connectivity index (χ1v) is 7.22. The van der Waals surface area contributed by atoms with Gasteiger partial charge in [-0.05, 0) is 24.6 Å². The highest BCUT2D eigenvalue weighted by molar-refractivity contribution is 6.35. The van der Waals surface area contributed by atoms with Crippen LogP contribution in [0.25, 0.3) is 10.8 Å². The monoisotopic (exact) mass is 292 g/mol. The van der Waals surface area contributed by atoms with Crippen LogP contribution in [0.15, 0.2) is 29.1 Å². The molecular formula is C15H17ClN2O2. The third kappa shape index (κ3) is 2.73. The predicted octanol–water partition coefficient (Wildman–Crippen LogP) is 1.79. The number of halogens is 1. The SMILES string of the molecule is O=c1[nH]c(CCN2CCC(O)C2)cc2c(Cl)cccc12. The Kier molecular flexibility index (Phi) is 3.78. The minimum atomic E-state index is -0.208. The van der Waals surface area contributed by atoms with Gasteiger partial charge >= 0.3 is 0 Å². The number of fused-ring (bicyclic) bond motifs is 1. The predicted molar refractivity (Wildman–Crippen MR) is 80.3 cm³/mol. The third-order valence-corrected chi connectivity index (χ3v) is 4.16. The number of likely N-dealkylation sites (tertiary alicyclic amines) is 1. The van der Waals surface area contributed by atoms with Gasteiger partial charge in [0, 0.05) is 47.5 Å². The van der Waals surface area contributed by atoms with Gasteiger partial charge in [-0.3, -0.25) is 4.79 Å². The number of benzene rings is 1. The zero-order chi connectivity index (χ0) is 14.1. The number of aromatic amines is 1. The molecular weight excluding hydrogens is 276 g/mol. The summed E-state index contributed by atoms with van der Waals surface area (Å²) in [5, 5.41) is 11.5. The first kappa shape index (κ1) is 13.6. The Morgan fingerprint density at radius 1 is 1.40 bits per heavy atom. The van der Waals surface area contributed by atoms with Crippen LogP contribution in [0, 0.1) is 0 Å². The summed E-state index contributed by atoms with van der Waals surface area (Å²) in [4.78, 5) is 17.1. The van der Waals surface area contributed by atoms with Crippen molar-refractivity contribution in [3.63, 3.8) is 0 Å². The van der Waals surface area contributed by atoms with Gasteiger partial charge in [-0.25, -0.2) is 0 Å². The van der Waals surface area contributed by atoms with Crippen molar-refractivity contribution in [2.24, 2.45) is 0 Å². The topological polar surface area (TPSA) is 56.3 Å². The lowest BCUT2D eigenvalue weighted by atomic mass is 10.1. The molecule has 1 saturated heterocycles. The zero-order valence-electron chi connectivity index (χ0n) is 11.1. The van der Waals surface area contributed by atoms with Crippen LogP contribution in [0.2, 0.25) is 5.02 Å². The maximum Gasteiger partial charge on any atom is 0.256 e. The van der Waals surface area contributed by atoms with Crippen LogP contribution in [-0.2, 0) is 6.42 Å². The largest absolute Gasteiger partial charge is 0.392 e. The van der Waals surface area contributed by atoms with E-state index >= 15 is 0 Å². The number of aliphatic hydroxyl groups excluding tert-OH is 1. The summed E-state index contributed by atoms with van der Waals surface area (Å²) in [7, 11) is 0. The van der Waals surface area contributed by atoms with Gasteiger partial charge in [0.25, 0.3) is 5.56 Å². The summed E-state index contributed by atoms with van der Waals surface area (Å²) >= 11 is 6.15. The molecule has 20 heavy (non-hydrogen) atoms. The Bertz CT molecular complexity index is 683. The maximum atomic E-state index is 12.0. The molecule has 1 aromatic carbocycles. The van der Waals surface area contributed by atoms with Crippen molar-refractivity contribution < 1.29 is 5.11 Å². The Morgan fingerprint density at radius 3 is 3.00 bits per heavy atom. The van der Waals surface area contributed by atoms with Crippen LogP contribution >= 0.6 is 11.6 Å². The molecule has 1 unspecified atom stereocenters. The second-order valence-corrected chi connectivity index (χ2v) is 5.73. The number of nitrogens with zero attached hydrogens (tertiary/aromatic N) is 1. The first-order valence-electron chi connectivity index (χ1n) is 6.84. The number of hydrogen-bond acceptors (Lipinski definition) is 3. The molecule has 1 atom stereocenters. The Labute approximate surface area is 122 Å². The highest BCUT2D eigenvalue weighted by Gasteiger charge is 2.19. The molecule has 3 rings (SSSR count). The van der Waals surface area contributed by atoms with Gasteiger partial charge < -0.3 is 15.0 Å². The smallest absolute Gasteiger partial charge is 0.256 e. The average molecular weight is 293 g/mol. The van der Waals surface area contributed by atoms with E-state index in [1.807, 2.05) is 6.07 Å². The van der Waals surface area contributed by atoms with E-state index in [9.17, 15) is 9.90 Å². The molecule has 1 aromatic heterocycles. The quantitative estimate of drug-likeness (QED) is 0.907. The average Bonchev–Trinajstić information content (AvgIpc) is 2.84. The molecule has 1 aliphatic heterocycles. The number of nitrogens with one attached hydrogen (secondary N) is 1. The summed E-state index contributed by atoms with van der Waals surface area (Å²) in [6, 6.07) is 7.31. The molecule has 1 fully saturated rings. The fourth-order valence-corrected chi connectivity index (χ4v) is 2.96. The van der Waals surface area contributed by atoms with Crippen molar-refractivity contribution in [3.05, 3.63) is 45.3 Å². The molecule has 2 heterocycles. The van der Waals surface area contributed by atoms with Gasteiger partial charge in [-0.15, -0.1) is 0 Å². The van der Waals surface area contributed by atoms with Crippen molar-refractivity contribution in [1.82, 2.24) is 9.88 Å². The van der Waals surface area contributed by atoms with Crippen LogP contribution in [0.1, 0.15) is 12.1 Å². The summed E-state index contributed by atoms with van der Waals surface area (Å²) in [6.07, 6.45) is 1.38. The standard InChI is InChI=1S/C15H17ClN2O2/c16-14-3-1-2-12-13(14)8-10(17-15(12)20)4-6-18-7-5-11(19)9-18/h1-3,8,11,19H,4-7,9H2,(H,17,20). The van der Waals surface area contributed by atoms with E-state index < -0.39 is 0 Å². The van der Waals surface area contributed by atoms with Gasteiger partial charge in [-0.2, -0.15) is 0 Å². The third-order valence-electron chi connectivity index (χ3n) is 3.84. The second kappa shape index (κ2) is 5.56. The lowest BCUT2D eigenvalue weighted by Gasteiger charge is -2.14. The Hall–Kier alpha value is -1.36. The van der Waals surface area contributed by atoms with Gasteiger partial charge in [0.15, 0.2) is 0 Å². The highest BCUT2D eigenvalue weighted by atomic mass is 35.5. The summed E-state index contributed by atoms with van der Waals surface area (Å²) < 4.78 is 0. The number of hydrogen-bond donors (Lipinski definition) is 2. The minimum Gasteiger partial charge on any atom is -0.392 e. The molecule has 0 aliphatic carbocycles. The molecule has 1 aliphatic rings. The molecule has 2 aromatic rings. The highest BCUT2D eigenvalue weighted by Crippen LogP contribution is 2.21. The summed E-state index contributed by atoms with van der Waals surface area (Å²) in [5.41, 5.74) is 0.790. The fraction of sp³-hybridized carbons (Fsp3) is 0.400. The number of aliphatic hydroxyl groups is 1. The fourth-order valence-electron chi connectivity index (χ4n) is 2.73. The maximum absolute atomic E-state index is 12.0. The lowest BCUT2D eigenvalue weighted by molar-refractivity contribution is 0.176. The number of H-pyrrole nitrogens is 1. The van der Waals surface area contributed by atoms with E-state index in [2.05, 4.69) is 9.88 Å². The van der Waals surface area contributed by atoms with Crippen LogP contribution in [0.3, 0.4) is 0 Å². The van der Waals surface area contributed by atoms with Crippen LogP contribution < -0.4 is 5.56 Å². The molecule has 0 saturated carbocycles. The van der Waals surface area contributed by atoms with Crippen molar-refractivity contribution in [2.45, 2.75) is 18.9 Å². The first-order chi connectivity index (χ1) is 9.63. The number of rotatable bonds is 3. The number of β-amino-alcohol motifs (C(OH)–C–C–N with tert-alkyl or cyclic N) is 1. The van der Waals surface area contributed by atoms with Gasteiger partial charge in [0.05, 0.1) is 6.10 Å². The number of pyridine rings is 1. The molecule has 4 nitrogen and oxygen atoms in total. The van der Waals surface area contributed by atoms with Crippen LogP contribution in [0.4, 0.5) is 0 Å². The molecule has 0 bridgehead atoms. The van der Waals surface area contributed by atoms with Crippen molar-refractivity contribution in [1.29, 1.82) is 0 Å². The van der Waals surface area contributed by atoms with E-state index in [0.29, 0.717) is 10.4 Å². The molecule has 0 amide bonds. The van der Waals surface area contributed by atoms with E-state index in [0.717, 1.165) is 43.6 Å². The molecule has 0 radical (unpaired) electrons. The molecule has 106 valence electrons. The van der Waals surface area contributed by atoms with Crippen molar-refractivity contribution >= 4 is 22.4 Å². The van der Waals surface area contributed by atoms with Crippen molar-refractivity contribution in [2.75, 3.05) is 19.6 Å². The van der Waals surface area contributed by atoms with E-state index in [-0.39, 0.29) is 11.7 Å². The van der Waals surface area contributed by atoms with Crippen LogP contribution in [-0.4, -0.2) is 40.7 Å². The van der Waals surface area contributed by atoms with Gasteiger partial charge in [-0.1, -0.05) is 17.7 Å². The normalized spacial score (nSPS) is 19.8. The number of aromatic nitrogens is 1. The van der Waals surface area contributed by atoms with Crippen molar-refractivity contribution in [3.8, 4) is 0 Å². The van der Waals surface area contributed by atoms with E-state index in [1.54, 1.807) is 18.2 Å². The summed E-state index contributed by atoms with van der Waals surface area (Å²) in [5.74, 6) is 0. The molecule has 2 N–H and O–H groups in total. The Balaban J connectivity index is 1.82. The molecule has 0 spiro atoms. The zero-order valence-corrected chi connectivity index (χ0v) is 11.9. The summed E-state index contributed by atoms with van der Waals surface area (Å²) in [6.45, 7) is 2.47. The van der Waals surface area contributed by atoms with Gasteiger partial charge in [0.1, 0.15) is 0 Å². The molecule has 5 heteroatoms. The lowest BCUT2D eigenvalue weighted by Crippen LogP contribution is -2.25.